The van der Waals surface area contributed by atoms with Crippen LogP contribution in [0.2, 0.25) is 0 Å². The van der Waals surface area contributed by atoms with Crippen molar-refractivity contribution >= 4 is 15.7 Å². The van der Waals surface area contributed by atoms with Crippen LogP contribution in [0.25, 0.3) is 16.9 Å². The molecule has 2 N–H and O–H groups in total. The molecule has 11 heteroatoms. The van der Waals surface area contributed by atoms with E-state index in [2.05, 4.69) is 26.5 Å². The van der Waals surface area contributed by atoms with Crippen molar-refractivity contribution in [1.29, 1.82) is 5.26 Å². The standard InChI is InChI=1S/C17H19N7O3S/c1-4-28(26,27)21-5-6-23-10-13(9-19-23)15-14(11(2)3)17(25)24-16(22-15)12(7-18)8-20-24/h4,8-11,21-22H,1,5-6H2,2-3H3. The molecule has 146 valence electrons. The van der Waals surface area contributed by atoms with E-state index in [0.29, 0.717) is 29.0 Å². The van der Waals surface area contributed by atoms with E-state index in [0.717, 1.165) is 5.41 Å². The summed E-state index contributed by atoms with van der Waals surface area (Å²) in [5.41, 5.74) is 2.01. The highest BCUT2D eigenvalue weighted by Crippen LogP contribution is 2.25. The monoisotopic (exact) mass is 401 g/mol. The van der Waals surface area contributed by atoms with E-state index >= 15 is 0 Å². The van der Waals surface area contributed by atoms with Crippen LogP contribution in [0, 0.1) is 11.3 Å². The quantitative estimate of drug-likeness (QED) is 0.604. The van der Waals surface area contributed by atoms with Crippen LogP contribution in [-0.4, -0.2) is 39.3 Å². The van der Waals surface area contributed by atoms with E-state index in [1.807, 2.05) is 19.9 Å². The number of rotatable bonds is 7. The average molecular weight is 401 g/mol. The third-order valence-electron chi connectivity index (χ3n) is 4.19. The molecule has 0 atom stereocenters. The van der Waals surface area contributed by atoms with Gasteiger partial charge in [-0.15, -0.1) is 0 Å². The van der Waals surface area contributed by atoms with Crippen LogP contribution in [0.3, 0.4) is 0 Å². The zero-order chi connectivity index (χ0) is 20.5. The van der Waals surface area contributed by atoms with Crippen LogP contribution in [0.4, 0.5) is 0 Å². The minimum atomic E-state index is -3.50. The molecular formula is C17H19N7O3S. The fourth-order valence-corrected chi connectivity index (χ4v) is 3.34. The maximum absolute atomic E-state index is 12.9. The Kier molecular flexibility index (Phi) is 5.17. The van der Waals surface area contributed by atoms with Crippen molar-refractivity contribution in [1.82, 2.24) is 29.1 Å². The molecule has 0 bridgehead atoms. The molecular weight excluding hydrogens is 382 g/mol. The lowest BCUT2D eigenvalue weighted by Crippen LogP contribution is -2.25. The molecule has 0 aromatic carbocycles. The summed E-state index contributed by atoms with van der Waals surface area (Å²) in [5.74, 6) is -0.0966. The Hall–Kier alpha value is -3.23. The van der Waals surface area contributed by atoms with Gasteiger partial charge in [0.2, 0.25) is 10.0 Å². The molecule has 3 heterocycles. The summed E-state index contributed by atoms with van der Waals surface area (Å²) >= 11 is 0. The predicted octanol–water partition coefficient (Wildman–Crippen LogP) is 0.944. The van der Waals surface area contributed by atoms with Gasteiger partial charge in [-0.2, -0.15) is 20.0 Å². The fraction of sp³-hybridized carbons (Fsp3) is 0.294. The SMILES string of the molecule is C=CS(=O)(=O)NCCn1cc(-c2[nH]c3c(C#N)cnn3c(=O)c2C(C)C)cn1. The van der Waals surface area contributed by atoms with E-state index in [1.165, 1.54) is 10.7 Å². The van der Waals surface area contributed by atoms with Crippen LogP contribution in [-0.2, 0) is 16.6 Å². The Balaban J connectivity index is 2.00. The Morgan fingerprint density at radius 3 is 2.79 bits per heavy atom. The number of nitrogens with zero attached hydrogens (tertiary/aromatic N) is 5. The van der Waals surface area contributed by atoms with Crippen molar-refractivity contribution in [3.05, 3.63) is 52.1 Å². The smallest absolute Gasteiger partial charge is 0.278 e. The number of nitriles is 1. The van der Waals surface area contributed by atoms with E-state index in [9.17, 15) is 18.5 Å². The zero-order valence-corrected chi connectivity index (χ0v) is 16.2. The second-order valence-electron chi connectivity index (χ2n) is 6.40. The van der Waals surface area contributed by atoms with Crippen molar-refractivity contribution in [3.63, 3.8) is 0 Å². The first-order valence-electron chi connectivity index (χ1n) is 8.46. The van der Waals surface area contributed by atoms with Gasteiger partial charge < -0.3 is 4.98 Å². The first-order chi connectivity index (χ1) is 13.3. The van der Waals surface area contributed by atoms with Crippen LogP contribution in [0.15, 0.2) is 35.4 Å². The lowest BCUT2D eigenvalue weighted by Gasteiger charge is -2.11. The number of sulfonamides is 1. The highest BCUT2D eigenvalue weighted by molar-refractivity contribution is 7.92. The number of aromatic amines is 1. The third-order valence-corrected chi connectivity index (χ3v) is 5.23. The van der Waals surface area contributed by atoms with Gasteiger partial charge in [-0.1, -0.05) is 20.4 Å². The van der Waals surface area contributed by atoms with E-state index in [1.54, 1.807) is 17.1 Å². The number of aromatic nitrogens is 5. The van der Waals surface area contributed by atoms with Gasteiger partial charge in [0.05, 0.1) is 24.6 Å². The molecule has 0 aliphatic heterocycles. The molecule has 3 rings (SSSR count). The molecule has 0 aliphatic rings. The number of nitrogens with one attached hydrogen (secondary N) is 2. The van der Waals surface area contributed by atoms with Crippen LogP contribution in [0.1, 0.15) is 30.9 Å². The molecule has 0 fully saturated rings. The van der Waals surface area contributed by atoms with Gasteiger partial charge in [0.1, 0.15) is 11.6 Å². The van der Waals surface area contributed by atoms with Crippen LogP contribution < -0.4 is 10.3 Å². The van der Waals surface area contributed by atoms with Crippen molar-refractivity contribution in [2.24, 2.45) is 0 Å². The second kappa shape index (κ2) is 7.41. The summed E-state index contributed by atoms with van der Waals surface area (Å²) in [6, 6.07) is 2.01. The minimum Gasteiger partial charge on any atom is -0.338 e. The summed E-state index contributed by atoms with van der Waals surface area (Å²) in [5, 5.41) is 18.3. The maximum atomic E-state index is 12.9. The number of H-pyrrole nitrogens is 1. The molecule has 0 amide bonds. The van der Waals surface area contributed by atoms with Gasteiger partial charge in [0, 0.05) is 29.3 Å². The maximum Gasteiger partial charge on any atom is 0.278 e. The summed E-state index contributed by atoms with van der Waals surface area (Å²) < 4.78 is 27.9. The molecule has 0 saturated heterocycles. The Labute approximate surface area is 161 Å². The Morgan fingerprint density at radius 2 is 2.14 bits per heavy atom. The lowest BCUT2D eigenvalue weighted by atomic mass is 10.00. The molecule has 28 heavy (non-hydrogen) atoms. The molecule has 0 spiro atoms. The highest BCUT2D eigenvalue weighted by Gasteiger charge is 2.20. The summed E-state index contributed by atoms with van der Waals surface area (Å²) in [6.07, 6.45) is 4.63. The molecule has 0 aliphatic carbocycles. The van der Waals surface area contributed by atoms with Gasteiger partial charge >= 0.3 is 0 Å². The normalized spacial score (nSPS) is 11.8. The van der Waals surface area contributed by atoms with Gasteiger partial charge in [-0.25, -0.2) is 13.1 Å². The summed E-state index contributed by atoms with van der Waals surface area (Å²) in [6.45, 7) is 7.46. The lowest BCUT2D eigenvalue weighted by molar-refractivity contribution is 0.568. The first kappa shape index (κ1) is 19.5. The second-order valence-corrected chi connectivity index (χ2v) is 8.11. The minimum absolute atomic E-state index is 0.0966. The summed E-state index contributed by atoms with van der Waals surface area (Å²) in [7, 11) is -3.50. The van der Waals surface area contributed by atoms with E-state index in [-0.39, 0.29) is 23.6 Å². The third kappa shape index (κ3) is 3.60. The zero-order valence-electron chi connectivity index (χ0n) is 15.4. The van der Waals surface area contributed by atoms with Gasteiger partial charge in [0.15, 0.2) is 5.65 Å². The average Bonchev–Trinajstić information content (AvgIpc) is 3.27. The molecule has 0 saturated carbocycles. The number of fused-ring (bicyclic) bond motifs is 1. The Morgan fingerprint density at radius 1 is 1.39 bits per heavy atom. The van der Waals surface area contributed by atoms with Crippen molar-refractivity contribution < 1.29 is 8.42 Å². The van der Waals surface area contributed by atoms with Gasteiger partial charge in [-0.05, 0) is 5.92 Å². The largest absolute Gasteiger partial charge is 0.338 e. The highest BCUT2D eigenvalue weighted by atomic mass is 32.2. The van der Waals surface area contributed by atoms with E-state index in [4.69, 9.17) is 0 Å². The molecule has 10 nitrogen and oxygen atoms in total. The molecule has 3 aromatic heterocycles. The molecule has 0 unspecified atom stereocenters. The Bertz CT molecular complexity index is 1240. The summed E-state index contributed by atoms with van der Waals surface area (Å²) in [4.78, 5) is 16.0. The predicted molar refractivity (Wildman–Crippen MR) is 103 cm³/mol. The fourth-order valence-electron chi connectivity index (χ4n) is 2.85. The van der Waals surface area contributed by atoms with E-state index < -0.39 is 10.0 Å². The van der Waals surface area contributed by atoms with Gasteiger partial charge in [0.25, 0.3) is 5.56 Å². The van der Waals surface area contributed by atoms with Crippen LogP contribution in [0.5, 0.6) is 0 Å². The topological polar surface area (TPSA) is 138 Å². The van der Waals surface area contributed by atoms with Crippen molar-refractivity contribution in [3.8, 4) is 17.3 Å². The van der Waals surface area contributed by atoms with Crippen molar-refractivity contribution in [2.75, 3.05) is 6.54 Å². The molecule has 0 radical (unpaired) electrons. The molecule has 3 aromatic rings. The van der Waals surface area contributed by atoms with Gasteiger partial charge in [-0.3, -0.25) is 9.48 Å². The van der Waals surface area contributed by atoms with Crippen LogP contribution >= 0.6 is 0 Å². The first-order valence-corrected chi connectivity index (χ1v) is 10.0. The number of hydrogen-bond donors (Lipinski definition) is 2. The van der Waals surface area contributed by atoms with Crippen molar-refractivity contribution in [2.45, 2.75) is 26.3 Å². The number of hydrogen-bond acceptors (Lipinski definition) is 6.